The number of aryl methyl sites for hydroxylation is 1. The first-order chi connectivity index (χ1) is 8.52. The summed E-state index contributed by atoms with van der Waals surface area (Å²) in [4.78, 5) is 2.54. The molecule has 1 aliphatic heterocycles. The summed E-state index contributed by atoms with van der Waals surface area (Å²) >= 11 is 0. The summed E-state index contributed by atoms with van der Waals surface area (Å²) < 4.78 is 0. The van der Waals surface area contributed by atoms with E-state index in [0.29, 0.717) is 5.41 Å². The quantitative estimate of drug-likeness (QED) is 0.888. The van der Waals surface area contributed by atoms with Gasteiger partial charge in [0.25, 0.3) is 0 Å². The van der Waals surface area contributed by atoms with E-state index in [1.165, 1.54) is 42.7 Å². The van der Waals surface area contributed by atoms with Gasteiger partial charge in [-0.3, -0.25) is 0 Å². The van der Waals surface area contributed by atoms with Gasteiger partial charge in [0, 0.05) is 18.8 Å². The van der Waals surface area contributed by atoms with Gasteiger partial charge in [-0.2, -0.15) is 0 Å². The molecule has 1 aromatic carbocycles. The Morgan fingerprint density at radius 3 is 2.50 bits per heavy atom. The summed E-state index contributed by atoms with van der Waals surface area (Å²) in [5.41, 5.74) is 10.4. The lowest BCUT2D eigenvalue weighted by molar-refractivity contribution is 0.279. The van der Waals surface area contributed by atoms with Crippen LogP contribution in [0.5, 0.6) is 0 Å². The van der Waals surface area contributed by atoms with E-state index in [-0.39, 0.29) is 0 Å². The van der Waals surface area contributed by atoms with Crippen molar-refractivity contribution in [2.24, 2.45) is 11.1 Å². The summed E-state index contributed by atoms with van der Waals surface area (Å²) in [5, 5.41) is 0. The monoisotopic (exact) mass is 246 g/mol. The molecule has 0 aromatic heterocycles. The lowest BCUT2D eigenvalue weighted by atomic mass is 9.82. The number of benzene rings is 1. The van der Waals surface area contributed by atoms with Crippen LogP contribution in [0.2, 0.25) is 0 Å². The van der Waals surface area contributed by atoms with Crippen LogP contribution in [-0.2, 0) is 6.42 Å². The van der Waals surface area contributed by atoms with Gasteiger partial charge < -0.3 is 10.6 Å². The third-order valence-corrected chi connectivity index (χ3v) is 4.11. The Balaban J connectivity index is 2.18. The standard InChI is InChI=1S/C16H26N2/c1-13-4-5-15(14(12-13)6-9-17)18-10-7-16(2,3)8-11-18/h4-5,12H,6-11,17H2,1-3H3. The molecule has 2 rings (SSSR count). The Hall–Kier alpha value is -1.02. The van der Waals surface area contributed by atoms with Crippen molar-refractivity contribution < 1.29 is 0 Å². The maximum atomic E-state index is 5.73. The SMILES string of the molecule is Cc1ccc(N2CCC(C)(C)CC2)c(CCN)c1. The van der Waals surface area contributed by atoms with E-state index in [1.807, 2.05) is 0 Å². The molecule has 2 N–H and O–H groups in total. The van der Waals surface area contributed by atoms with E-state index in [1.54, 1.807) is 0 Å². The van der Waals surface area contributed by atoms with Crippen LogP contribution in [0.4, 0.5) is 5.69 Å². The van der Waals surface area contributed by atoms with Gasteiger partial charge in [-0.1, -0.05) is 31.5 Å². The molecule has 0 saturated carbocycles. The first-order valence-corrected chi connectivity index (χ1v) is 7.06. The minimum atomic E-state index is 0.509. The van der Waals surface area contributed by atoms with Crippen molar-refractivity contribution in [2.75, 3.05) is 24.5 Å². The molecular weight excluding hydrogens is 220 g/mol. The maximum Gasteiger partial charge on any atom is 0.0399 e. The van der Waals surface area contributed by atoms with Gasteiger partial charge in [0.15, 0.2) is 0 Å². The fourth-order valence-electron chi connectivity index (χ4n) is 2.73. The molecule has 1 fully saturated rings. The first kappa shape index (κ1) is 13.4. The van der Waals surface area contributed by atoms with Gasteiger partial charge in [-0.25, -0.2) is 0 Å². The molecule has 18 heavy (non-hydrogen) atoms. The number of nitrogens with two attached hydrogens (primary N) is 1. The molecule has 0 amide bonds. The van der Waals surface area contributed by atoms with E-state index in [2.05, 4.69) is 43.9 Å². The molecule has 2 heteroatoms. The Morgan fingerprint density at radius 1 is 1.22 bits per heavy atom. The highest BCUT2D eigenvalue weighted by molar-refractivity contribution is 5.55. The Bertz CT molecular complexity index is 400. The normalized spacial score (nSPS) is 19.0. The van der Waals surface area contributed by atoms with Crippen molar-refractivity contribution in [3.05, 3.63) is 29.3 Å². The molecule has 0 radical (unpaired) electrons. The third-order valence-electron chi connectivity index (χ3n) is 4.11. The second-order valence-electron chi connectivity index (χ2n) is 6.32. The molecular formula is C16H26N2. The van der Waals surface area contributed by atoms with E-state index in [4.69, 9.17) is 5.73 Å². The highest BCUT2D eigenvalue weighted by Crippen LogP contribution is 2.33. The molecule has 0 spiro atoms. The molecule has 0 aliphatic carbocycles. The van der Waals surface area contributed by atoms with Crippen molar-refractivity contribution in [3.8, 4) is 0 Å². The van der Waals surface area contributed by atoms with Crippen molar-refractivity contribution in [3.63, 3.8) is 0 Å². The number of hydrogen-bond donors (Lipinski definition) is 1. The van der Waals surface area contributed by atoms with Gasteiger partial charge in [0.2, 0.25) is 0 Å². The summed E-state index contributed by atoms with van der Waals surface area (Å²) in [7, 11) is 0. The van der Waals surface area contributed by atoms with Gasteiger partial charge in [-0.15, -0.1) is 0 Å². The minimum absolute atomic E-state index is 0.509. The largest absolute Gasteiger partial charge is 0.371 e. The molecule has 0 unspecified atom stereocenters. The lowest BCUT2D eigenvalue weighted by Crippen LogP contribution is -2.37. The number of piperidine rings is 1. The third kappa shape index (κ3) is 3.05. The van der Waals surface area contributed by atoms with E-state index >= 15 is 0 Å². The Morgan fingerprint density at radius 2 is 1.89 bits per heavy atom. The van der Waals surface area contributed by atoms with Crippen molar-refractivity contribution >= 4 is 5.69 Å². The summed E-state index contributed by atoms with van der Waals surface area (Å²) in [6.07, 6.45) is 3.54. The van der Waals surface area contributed by atoms with Crippen LogP contribution in [0, 0.1) is 12.3 Å². The molecule has 100 valence electrons. The van der Waals surface area contributed by atoms with Crippen molar-refractivity contribution in [1.82, 2.24) is 0 Å². The average molecular weight is 246 g/mol. The van der Waals surface area contributed by atoms with E-state index < -0.39 is 0 Å². The van der Waals surface area contributed by atoms with Crippen molar-refractivity contribution in [2.45, 2.75) is 40.0 Å². The van der Waals surface area contributed by atoms with Crippen LogP contribution in [0.1, 0.15) is 37.8 Å². The number of rotatable bonds is 3. The number of nitrogens with zero attached hydrogens (tertiary/aromatic N) is 1. The molecule has 2 nitrogen and oxygen atoms in total. The molecule has 0 atom stereocenters. The van der Waals surface area contributed by atoms with Gasteiger partial charge in [0.05, 0.1) is 0 Å². The zero-order valence-corrected chi connectivity index (χ0v) is 12.0. The fourth-order valence-corrected chi connectivity index (χ4v) is 2.73. The van der Waals surface area contributed by atoms with Crippen LogP contribution in [0.3, 0.4) is 0 Å². The molecule has 1 saturated heterocycles. The van der Waals surface area contributed by atoms with Gasteiger partial charge >= 0.3 is 0 Å². The van der Waals surface area contributed by atoms with E-state index in [9.17, 15) is 0 Å². The van der Waals surface area contributed by atoms with Gasteiger partial charge in [0.1, 0.15) is 0 Å². The molecule has 1 heterocycles. The van der Waals surface area contributed by atoms with E-state index in [0.717, 1.165) is 13.0 Å². The number of anilines is 1. The van der Waals surface area contributed by atoms with Crippen LogP contribution in [0.15, 0.2) is 18.2 Å². The fraction of sp³-hybridized carbons (Fsp3) is 0.625. The predicted octanol–water partition coefficient (Wildman–Crippen LogP) is 3.12. The second kappa shape index (κ2) is 5.31. The number of hydrogen-bond acceptors (Lipinski definition) is 2. The van der Waals surface area contributed by atoms with Crippen molar-refractivity contribution in [1.29, 1.82) is 0 Å². The summed E-state index contributed by atoms with van der Waals surface area (Å²) in [6.45, 7) is 9.99. The second-order valence-corrected chi connectivity index (χ2v) is 6.32. The highest BCUT2D eigenvalue weighted by Gasteiger charge is 2.26. The average Bonchev–Trinajstić information content (AvgIpc) is 2.31. The van der Waals surface area contributed by atoms with Crippen LogP contribution in [0.25, 0.3) is 0 Å². The zero-order chi connectivity index (χ0) is 13.2. The Kier molecular flexibility index (Phi) is 3.96. The van der Waals surface area contributed by atoms with Crippen LogP contribution in [-0.4, -0.2) is 19.6 Å². The minimum Gasteiger partial charge on any atom is -0.371 e. The lowest BCUT2D eigenvalue weighted by Gasteiger charge is -2.39. The molecule has 1 aliphatic rings. The summed E-state index contributed by atoms with van der Waals surface area (Å²) in [5.74, 6) is 0. The highest BCUT2D eigenvalue weighted by atomic mass is 15.1. The van der Waals surface area contributed by atoms with Gasteiger partial charge in [-0.05, 0) is 49.8 Å². The predicted molar refractivity (Wildman–Crippen MR) is 79.2 cm³/mol. The summed E-state index contributed by atoms with van der Waals surface area (Å²) in [6, 6.07) is 6.79. The topological polar surface area (TPSA) is 29.3 Å². The Labute approximate surface area is 111 Å². The molecule has 0 bridgehead atoms. The zero-order valence-electron chi connectivity index (χ0n) is 12.0. The molecule has 1 aromatic rings. The maximum absolute atomic E-state index is 5.73. The van der Waals surface area contributed by atoms with Crippen LogP contribution < -0.4 is 10.6 Å². The van der Waals surface area contributed by atoms with Crippen LogP contribution >= 0.6 is 0 Å². The first-order valence-electron chi connectivity index (χ1n) is 7.06. The smallest absolute Gasteiger partial charge is 0.0399 e.